The first-order valence-corrected chi connectivity index (χ1v) is 10.4. The van der Waals surface area contributed by atoms with E-state index in [-0.39, 0.29) is 25.2 Å². The second-order valence-corrected chi connectivity index (χ2v) is 6.39. The normalized spacial score (nSPS) is 8.65. The number of hydrogen-bond acceptors (Lipinski definition) is 8. The molecule has 0 unspecified atom stereocenters. The molecule has 0 aliphatic carbocycles. The van der Waals surface area contributed by atoms with Crippen molar-refractivity contribution in [2.75, 3.05) is 47.1 Å². The van der Waals surface area contributed by atoms with Crippen LogP contribution in [0.5, 0.6) is 0 Å². The van der Waals surface area contributed by atoms with Gasteiger partial charge in [0, 0.05) is 24.3 Å². The van der Waals surface area contributed by atoms with Crippen molar-refractivity contribution >= 4 is 24.0 Å². The van der Waals surface area contributed by atoms with Gasteiger partial charge in [0.1, 0.15) is 13.2 Å². The smallest absolute Gasteiger partial charge is 0.333 e. The van der Waals surface area contributed by atoms with E-state index in [0.29, 0.717) is 18.8 Å². The van der Waals surface area contributed by atoms with Crippen molar-refractivity contribution in [3.63, 3.8) is 0 Å². The molecule has 0 saturated heterocycles. The van der Waals surface area contributed by atoms with Gasteiger partial charge >= 0.3 is 17.9 Å². The van der Waals surface area contributed by atoms with Crippen LogP contribution in [0.3, 0.4) is 0 Å². The fourth-order valence-corrected chi connectivity index (χ4v) is 1.44. The van der Waals surface area contributed by atoms with Crippen LogP contribution in [0.15, 0.2) is 74.4 Å². The fraction of sp³-hybridized carbons (Fsp3) is 0.346. The SMILES string of the molecule is C=C(C)C(=O)OCCN(C)C.C=CC(=O)OCC.C=CC(=O)OCCO.C=Cc1ccccc1. The van der Waals surface area contributed by atoms with Gasteiger partial charge in [0.15, 0.2) is 0 Å². The molecule has 190 valence electrons. The average Bonchev–Trinajstić information content (AvgIpc) is 2.83. The van der Waals surface area contributed by atoms with E-state index >= 15 is 0 Å². The number of carbonyl (C=O) groups excluding carboxylic acids is 3. The van der Waals surface area contributed by atoms with Crippen molar-refractivity contribution < 1.29 is 33.7 Å². The Morgan fingerprint density at radius 1 is 0.941 bits per heavy atom. The summed E-state index contributed by atoms with van der Waals surface area (Å²) < 4.78 is 13.6. The second kappa shape index (κ2) is 25.8. The van der Waals surface area contributed by atoms with Gasteiger partial charge in [-0.05, 0) is 33.5 Å². The van der Waals surface area contributed by atoms with E-state index in [4.69, 9.17) is 9.84 Å². The molecule has 0 heterocycles. The lowest BCUT2D eigenvalue weighted by atomic mass is 10.2. The largest absolute Gasteiger partial charge is 0.463 e. The fourth-order valence-electron chi connectivity index (χ4n) is 1.44. The molecule has 0 spiro atoms. The molecular formula is C26H39NO7. The predicted octanol–water partition coefficient (Wildman–Crippen LogP) is 3.44. The Hall–Kier alpha value is -3.49. The number of nitrogens with zero attached hydrogens (tertiary/aromatic N) is 1. The highest BCUT2D eigenvalue weighted by Crippen LogP contribution is 1.97. The highest BCUT2D eigenvalue weighted by Gasteiger charge is 2.01. The molecular weight excluding hydrogens is 438 g/mol. The molecule has 34 heavy (non-hydrogen) atoms. The molecule has 0 aliphatic rings. The number of aliphatic hydroxyl groups excluding tert-OH is 1. The maximum atomic E-state index is 10.8. The minimum Gasteiger partial charge on any atom is -0.463 e. The summed E-state index contributed by atoms with van der Waals surface area (Å²) in [6, 6.07) is 10.0. The van der Waals surface area contributed by atoms with Crippen molar-refractivity contribution in [2.24, 2.45) is 0 Å². The van der Waals surface area contributed by atoms with E-state index in [0.717, 1.165) is 18.7 Å². The van der Waals surface area contributed by atoms with Gasteiger partial charge in [-0.15, -0.1) is 0 Å². The lowest BCUT2D eigenvalue weighted by molar-refractivity contribution is -0.139. The molecule has 1 aromatic rings. The summed E-state index contributed by atoms with van der Waals surface area (Å²) in [5, 5.41) is 8.10. The minimum atomic E-state index is -0.501. The van der Waals surface area contributed by atoms with Crippen molar-refractivity contribution in [2.45, 2.75) is 13.8 Å². The van der Waals surface area contributed by atoms with Crippen molar-refractivity contribution in [1.29, 1.82) is 0 Å². The van der Waals surface area contributed by atoms with Gasteiger partial charge in [0.05, 0.1) is 13.2 Å². The first kappa shape index (κ1) is 35.1. The lowest BCUT2D eigenvalue weighted by Crippen LogP contribution is -2.20. The molecule has 0 amide bonds. The van der Waals surface area contributed by atoms with Crippen LogP contribution in [0.4, 0.5) is 0 Å². The molecule has 0 aromatic heterocycles. The van der Waals surface area contributed by atoms with Gasteiger partial charge < -0.3 is 24.2 Å². The first-order chi connectivity index (χ1) is 16.1. The third-order valence-electron chi connectivity index (χ3n) is 3.11. The highest BCUT2D eigenvalue weighted by atomic mass is 16.5. The maximum absolute atomic E-state index is 10.8. The number of esters is 3. The van der Waals surface area contributed by atoms with Crippen molar-refractivity contribution in [1.82, 2.24) is 4.90 Å². The molecule has 0 bridgehead atoms. The monoisotopic (exact) mass is 477 g/mol. The van der Waals surface area contributed by atoms with Gasteiger partial charge in [-0.3, -0.25) is 0 Å². The molecule has 1 N–H and O–H groups in total. The molecule has 0 fully saturated rings. The van der Waals surface area contributed by atoms with E-state index in [1.165, 1.54) is 5.56 Å². The number of hydrogen-bond donors (Lipinski definition) is 1. The third-order valence-corrected chi connectivity index (χ3v) is 3.11. The number of carbonyl (C=O) groups is 3. The molecule has 1 aromatic carbocycles. The van der Waals surface area contributed by atoms with Gasteiger partial charge in [0.25, 0.3) is 0 Å². The van der Waals surface area contributed by atoms with Crippen LogP contribution in [0.1, 0.15) is 19.4 Å². The standard InChI is InChI=1S/C8H15NO2.C8H8.C5H8O3.C5H8O2/c1-7(2)8(10)11-6-5-9(3)4;1-2-8-6-4-3-5-7-8;1-2-5(7)8-4-3-6;1-3-5(6)7-4-2/h1,5-6H2,2-4H3;2-7H,1H2;2,6H,1,3-4H2;3H,1,4H2,2H3. The maximum Gasteiger partial charge on any atom is 0.333 e. The topological polar surface area (TPSA) is 102 Å². The molecule has 0 saturated carbocycles. The summed E-state index contributed by atoms with van der Waals surface area (Å²) in [7, 11) is 3.85. The second-order valence-electron chi connectivity index (χ2n) is 6.39. The van der Waals surface area contributed by atoms with Crippen LogP contribution in [0, 0.1) is 0 Å². The summed E-state index contributed by atoms with van der Waals surface area (Å²) in [5.41, 5.74) is 1.62. The highest BCUT2D eigenvalue weighted by molar-refractivity contribution is 5.86. The Kier molecular flexibility index (Phi) is 26.6. The minimum absolute atomic E-state index is 0.0465. The molecule has 0 aliphatic heterocycles. The van der Waals surface area contributed by atoms with E-state index in [1.807, 2.05) is 55.4 Å². The van der Waals surface area contributed by atoms with Gasteiger partial charge in [-0.2, -0.15) is 0 Å². The van der Waals surface area contributed by atoms with E-state index in [1.54, 1.807) is 13.8 Å². The zero-order valence-electron chi connectivity index (χ0n) is 20.8. The molecule has 8 heteroatoms. The zero-order valence-corrected chi connectivity index (χ0v) is 20.8. The van der Waals surface area contributed by atoms with E-state index in [9.17, 15) is 14.4 Å². The Bertz CT molecular complexity index is 728. The van der Waals surface area contributed by atoms with Gasteiger partial charge in [0.2, 0.25) is 0 Å². The quantitative estimate of drug-likeness (QED) is 0.311. The lowest BCUT2D eigenvalue weighted by Gasteiger charge is -2.09. The molecule has 8 nitrogen and oxygen atoms in total. The molecule has 1 rings (SSSR count). The van der Waals surface area contributed by atoms with E-state index < -0.39 is 5.97 Å². The molecule has 0 atom stereocenters. The van der Waals surface area contributed by atoms with Gasteiger partial charge in [-0.25, -0.2) is 14.4 Å². The van der Waals surface area contributed by atoms with Gasteiger partial charge in [-0.1, -0.05) is 62.7 Å². The predicted molar refractivity (Wildman–Crippen MR) is 136 cm³/mol. The Labute approximate surface area is 203 Å². The number of ether oxygens (including phenoxy) is 3. The summed E-state index contributed by atoms with van der Waals surface area (Å²) in [4.78, 5) is 32.9. The summed E-state index contributed by atoms with van der Waals surface area (Å²) in [5.74, 6) is -1.17. The van der Waals surface area contributed by atoms with Crippen molar-refractivity contribution in [3.05, 3.63) is 79.9 Å². The molecule has 0 radical (unpaired) electrons. The summed E-state index contributed by atoms with van der Waals surface area (Å²) >= 11 is 0. The number of rotatable bonds is 10. The van der Waals surface area contributed by atoms with E-state index in [2.05, 4.69) is 35.8 Å². The average molecular weight is 478 g/mol. The summed E-state index contributed by atoms with van der Waals surface area (Å²) in [6.07, 6.45) is 4.03. The Balaban J connectivity index is -0.000000383. The Morgan fingerprint density at radius 2 is 1.47 bits per heavy atom. The zero-order chi connectivity index (χ0) is 26.8. The van der Waals surface area contributed by atoms with Crippen LogP contribution >= 0.6 is 0 Å². The Morgan fingerprint density at radius 3 is 1.79 bits per heavy atom. The van der Waals surface area contributed by atoms with Crippen LogP contribution in [0.25, 0.3) is 6.08 Å². The van der Waals surface area contributed by atoms with Crippen LogP contribution in [0.2, 0.25) is 0 Å². The number of likely N-dealkylation sites (N-methyl/N-ethyl adjacent to an activating group) is 1. The van der Waals surface area contributed by atoms with Crippen LogP contribution in [-0.2, 0) is 28.6 Å². The number of aliphatic hydroxyl groups is 1. The van der Waals surface area contributed by atoms with Crippen molar-refractivity contribution in [3.8, 4) is 0 Å². The van der Waals surface area contributed by atoms with Crippen LogP contribution in [-0.4, -0.2) is 75.0 Å². The number of benzene rings is 1. The van der Waals surface area contributed by atoms with Crippen LogP contribution < -0.4 is 0 Å². The third kappa shape index (κ3) is 28.5. The first-order valence-electron chi connectivity index (χ1n) is 10.4. The summed E-state index contributed by atoms with van der Waals surface area (Å²) in [6.45, 7) is 18.4.